The van der Waals surface area contributed by atoms with Gasteiger partial charge in [0.15, 0.2) is 5.96 Å². The van der Waals surface area contributed by atoms with Gasteiger partial charge in [-0.2, -0.15) is 0 Å². The zero-order valence-electron chi connectivity index (χ0n) is 18.2. The molecule has 0 unspecified atom stereocenters. The van der Waals surface area contributed by atoms with Gasteiger partial charge in [-0.05, 0) is 52.3 Å². The quantitative estimate of drug-likeness (QED) is 0.377. The SMILES string of the molecule is CCNC(=NCCCN(C)Cc1ccccc1)NC1CCN(C(=O)OCC)CC1. The van der Waals surface area contributed by atoms with Crippen molar-refractivity contribution in [3.8, 4) is 0 Å². The molecule has 29 heavy (non-hydrogen) atoms. The van der Waals surface area contributed by atoms with Gasteiger partial charge in [0.05, 0.1) is 6.61 Å². The zero-order chi connectivity index (χ0) is 20.9. The van der Waals surface area contributed by atoms with Crippen molar-refractivity contribution < 1.29 is 9.53 Å². The molecule has 0 aliphatic carbocycles. The highest BCUT2D eigenvalue weighted by atomic mass is 16.6. The summed E-state index contributed by atoms with van der Waals surface area (Å²) in [6, 6.07) is 10.9. The summed E-state index contributed by atoms with van der Waals surface area (Å²) < 4.78 is 5.08. The lowest BCUT2D eigenvalue weighted by atomic mass is 10.1. The molecule has 0 saturated carbocycles. The Bertz CT molecular complexity index is 615. The van der Waals surface area contributed by atoms with Crippen LogP contribution in [-0.4, -0.2) is 74.3 Å². The fourth-order valence-electron chi connectivity index (χ4n) is 3.44. The number of piperidine rings is 1. The highest BCUT2D eigenvalue weighted by Crippen LogP contribution is 2.11. The number of hydrogen-bond acceptors (Lipinski definition) is 4. The number of ether oxygens (including phenoxy) is 1. The molecule has 0 radical (unpaired) electrons. The molecule has 0 atom stereocenters. The van der Waals surface area contributed by atoms with Gasteiger partial charge >= 0.3 is 6.09 Å². The van der Waals surface area contributed by atoms with Crippen LogP contribution in [0.25, 0.3) is 0 Å². The van der Waals surface area contributed by atoms with E-state index in [0.29, 0.717) is 12.6 Å². The van der Waals surface area contributed by atoms with E-state index in [9.17, 15) is 4.79 Å². The van der Waals surface area contributed by atoms with Crippen LogP contribution >= 0.6 is 0 Å². The van der Waals surface area contributed by atoms with Gasteiger partial charge < -0.3 is 25.2 Å². The predicted octanol–water partition coefficient (Wildman–Crippen LogP) is 2.68. The Kier molecular flexibility index (Phi) is 10.3. The Labute approximate surface area is 175 Å². The van der Waals surface area contributed by atoms with Gasteiger partial charge in [-0.3, -0.25) is 4.99 Å². The van der Waals surface area contributed by atoms with Gasteiger partial charge in [0.1, 0.15) is 0 Å². The Hall–Kier alpha value is -2.28. The van der Waals surface area contributed by atoms with Crippen LogP contribution in [0.2, 0.25) is 0 Å². The number of carbonyl (C=O) groups is 1. The number of hydrogen-bond donors (Lipinski definition) is 2. The summed E-state index contributed by atoms with van der Waals surface area (Å²) in [5, 5.41) is 6.86. The van der Waals surface area contributed by atoms with E-state index in [1.807, 2.05) is 13.0 Å². The van der Waals surface area contributed by atoms with E-state index in [2.05, 4.69) is 53.8 Å². The molecule has 162 valence electrons. The third-order valence-corrected chi connectivity index (χ3v) is 4.97. The summed E-state index contributed by atoms with van der Waals surface area (Å²) in [5.74, 6) is 0.868. The zero-order valence-corrected chi connectivity index (χ0v) is 18.2. The van der Waals surface area contributed by atoms with Gasteiger partial charge in [-0.1, -0.05) is 30.3 Å². The van der Waals surface area contributed by atoms with E-state index < -0.39 is 0 Å². The second-order valence-electron chi connectivity index (χ2n) is 7.44. The fraction of sp³-hybridized carbons (Fsp3) is 0.636. The number of nitrogens with zero attached hydrogens (tertiary/aromatic N) is 3. The smallest absolute Gasteiger partial charge is 0.409 e. The summed E-state index contributed by atoms with van der Waals surface area (Å²) in [7, 11) is 2.15. The third-order valence-electron chi connectivity index (χ3n) is 4.97. The number of benzene rings is 1. The summed E-state index contributed by atoms with van der Waals surface area (Å²) in [6.07, 6.45) is 2.62. The van der Waals surface area contributed by atoms with Gasteiger partial charge in [0, 0.05) is 38.8 Å². The molecule has 2 N–H and O–H groups in total. The lowest BCUT2D eigenvalue weighted by Crippen LogP contribution is -2.50. The molecular formula is C22H37N5O2. The van der Waals surface area contributed by atoms with Crippen molar-refractivity contribution in [2.24, 2.45) is 4.99 Å². The maximum absolute atomic E-state index is 11.8. The number of aliphatic imine (C=N–C) groups is 1. The minimum absolute atomic E-state index is 0.203. The van der Waals surface area contributed by atoms with Crippen LogP contribution < -0.4 is 10.6 Å². The molecule has 1 saturated heterocycles. The standard InChI is InChI=1S/C22H37N5O2/c1-4-23-21(25-20-12-16-27(17-13-20)22(28)29-5-2)24-14-9-15-26(3)18-19-10-7-6-8-11-19/h6-8,10-11,20H,4-5,9,12-18H2,1-3H3,(H2,23,24,25). The first-order valence-electron chi connectivity index (χ1n) is 10.8. The van der Waals surface area contributed by atoms with Crippen LogP contribution in [0.3, 0.4) is 0 Å². The number of amides is 1. The van der Waals surface area contributed by atoms with Crippen molar-refractivity contribution >= 4 is 12.1 Å². The van der Waals surface area contributed by atoms with Crippen LogP contribution in [0, 0.1) is 0 Å². The summed E-state index contributed by atoms with van der Waals surface area (Å²) in [4.78, 5) is 20.7. The maximum Gasteiger partial charge on any atom is 0.409 e. The molecule has 7 nitrogen and oxygen atoms in total. The Morgan fingerprint density at radius 1 is 1.24 bits per heavy atom. The average Bonchev–Trinajstić information content (AvgIpc) is 2.73. The normalized spacial score (nSPS) is 15.4. The molecule has 1 heterocycles. The van der Waals surface area contributed by atoms with Crippen molar-refractivity contribution in [2.75, 3.05) is 46.4 Å². The minimum Gasteiger partial charge on any atom is -0.450 e. The number of nitrogens with one attached hydrogen (secondary N) is 2. The lowest BCUT2D eigenvalue weighted by Gasteiger charge is -2.32. The predicted molar refractivity (Wildman–Crippen MR) is 118 cm³/mol. The molecule has 1 fully saturated rings. The molecule has 1 aliphatic rings. The fourth-order valence-corrected chi connectivity index (χ4v) is 3.44. The number of likely N-dealkylation sites (tertiary alicyclic amines) is 1. The van der Waals surface area contributed by atoms with Gasteiger partial charge in [-0.25, -0.2) is 4.79 Å². The van der Waals surface area contributed by atoms with E-state index >= 15 is 0 Å². The number of rotatable bonds is 9. The molecule has 0 spiro atoms. The Morgan fingerprint density at radius 2 is 1.97 bits per heavy atom. The van der Waals surface area contributed by atoms with E-state index in [4.69, 9.17) is 9.73 Å². The van der Waals surface area contributed by atoms with Crippen LogP contribution in [0.5, 0.6) is 0 Å². The molecule has 1 aromatic carbocycles. The highest BCUT2D eigenvalue weighted by molar-refractivity contribution is 5.80. The lowest BCUT2D eigenvalue weighted by molar-refractivity contribution is 0.0963. The average molecular weight is 404 g/mol. The van der Waals surface area contributed by atoms with Crippen LogP contribution in [0.4, 0.5) is 4.79 Å². The second kappa shape index (κ2) is 13.0. The van der Waals surface area contributed by atoms with Crippen molar-refractivity contribution in [3.63, 3.8) is 0 Å². The highest BCUT2D eigenvalue weighted by Gasteiger charge is 2.23. The molecule has 0 aromatic heterocycles. The number of guanidine groups is 1. The largest absolute Gasteiger partial charge is 0.450 e. The summed E-state index contributed by atoms with van der Waals surface area (Å²) in [6.45, 7) is 9.38. The Morgan fingerprint density at radius 3 is 2.62 bits per heavy atom. The second-order valence-corrected chi connectivity index (χ2v) is 7.44. The van der Waals surface area contributed by atoms with Crippen molar-refractivity contribution in [1.29, 1.82) is 0 Å². The topological polar surface area (TPSA) is 69.2 Å². The maximum atomic E-state index is 11.8. The number of carbonyl (C=O) groups excluding carboxylic acids is 1. The monoisotopic (exact) mass is 403 g/mol. The first-order chi connectivity index (χ1) is 14.1. The van der Waals surface area contributed by atoms with E-state index in [-0.39, 0.29) is 6.09 Å². The van der Waals surface area contributed by atoms with Crippen molar-refractivity contribution in [2.45, 2.75) is 45.7 Å². The summed E-state index contributed by atoms with van der Waals surface area (Å²) in [5.41, 5.74) is 1.34. The summed E-state index contributed by atoms with van der Waals surface area (Å²) >= 11 is 0. The van der Waals surface area contributed by atoms with Gasteiger partial charge in [-0.15, -0.1) is 0 Å². The molecule has 1 aliphatic heterocycles. The van der Waals surface area contributed by atoms with Gasteiger partial charge in [0.25, 0.3) is 0 Å². The molecule has 0 bridgehead atoms. The Balaban J connectivity index is 1.70. The van der Waals surface area contributed by atoms with Crippen LogP contribution in [0.15, 0.2) is 35.3 Å². The molecule has 7 heteroatoms. The minimum atomic E-state index is -0.203. The van der Waals surface area contributed by atoms with E-state index in [0.717, 1.165) is 64.5 Å². The molecule has 1 amide bonds. The van der Waals surface area contributed by atoms with E-state index in [1.165, 1.54) is 5.56 Å². The first-order valence-corrected chi connectivity index (χ1v) is 10.8. The van der Waals surface area contributed by atoms with Crippen LogP contribution in [0.1, 0.15) is 38.7 Å². The van der Waals surface area contributed by atoms with Gasteiger partial charge in [0.2, 0.25) is 0 Å². The first kappa shape index (κ1) is 23.0. The molecular weight excluding hydrogens is 366 g/mol. The van der Waals surface area contributed by atoms with Crippen molar-refractivity contribution in [3.05, 3.63) is 35.9 Å². The molecule has 1 aromatic rings. The van der Waals surface area contributed by atoms with Crippen LogP contribution in [-0.2, 0) is 11.3 Å². The van der Waals surface area contributed by atoms with E-state index in [1.54, 1.807) is 4.90 Å². The van der Waals surface area contributed by atoms with Crippen molar-refractivity contribution in [1.82, 2.24) is 20.4 Å². The third kappa shape index (κ3) is 8.73. The molecule has 2 rings (SSSR count).